The Labute approximate surface area is 225 Å². The van der Waals surface area contributed by atoms with Gasteiger partial charge in [0.15, 0.2) is 0 Å². The first-order valence-corrected chi connectivity index (χ1v) is 12.3. The minimum atomic E-state index is -0.472. The highest BCUT2D eigenvalue weighted by atomic mass is 16.5. The second kappa shape index (κ2) is 11.8. The lowest BCUT2D eigenvalue weighted by Crippen LogP contribution is -2.34. The number of aromatic nitrogens is 2. The van der Waals surface area contributed by atoms with Gasteiger partial charge >= 0.3 is 0 Å². The number of amides is 2. The van der Waals surface area contributed by atoms with Crippen molar-refractivity contribution in [1.82, 2.24) is 20.4 Å². The monoisotopic (exact) mass is 518 g/mol. The summed E-state index contributed by atoms with van der Waals surface area (Å²) >= 11 is 0. The number of carbonyl (C=O) groups is 2. The van der Waals surface area contributed by atoms with Gasteiger partial charge in [0.1, 0.15) is 22.9 Å². The van der Waals surface area contributed by atoms with E-state index in [0.717, 1.165) is 11.3 Å². The summed E-state index contributed by atoms with van der Waals surface area (Å²) in [6.45, 7) is 0.163. The number of rotatable bonds is 9. The number of ether oxygens (including phenoxy) is 1. The van der Waals surface area contributed by atoms with Crippen LogP contribution in [-0.2, 0) is 11.3 Å². The van der Waals surface area contributed by atoms with E-state index in [0.29, 0.717) is 28.3 Å². The highest BCUT2D eigenvalue weighted by Gasteiger charge is 2.18. The van der Waals surface area contributed by atoms with Crippen LogP contribution in [0.15, 0.2) is 120 Å². The van der Waals surface area contributed by atoms with E-state index in [4.69, 9.17) is 14.3 Å². The molecule has 0 aliphatic carbocycles. The predicted molar refractivity (Wildman–Crippen MR) is 148 cm³/mol. The Bertz CT molecular complexity index is 1570. The first-order valence-electron chi connectivity index (χ1n) is 12.3. The topological polar surface area (TPSA) is 98.4 Å². The Morgan fingerprint density at radius 3 is 2.31 bits per heavy atom. The quantitative estimate of drug-likeness (QED) is 0.261. The van der Waals surface area contributed by atoms with Crippen LogP contribution in [-0.4, -0.2) is 28.7 Å². The molecule has 5 aromatic rings. The van der Waals surface area contributed by atoms with Crippen LogP contribution >= 0.6 is 0 Å². The van der Waals surface area contributed by atoms with Gasteiger partial charge in [0.25, 0.3) is 11.8 Å². The summed E-state index contributed by atoms with van der Waals surface area (Å²) in [6.07, 6.45) is 5.00. The molecule has 0 spiro atoms. The van der Waals surface area contributed by atoms with Crippen molar-refractivity contribution in [2.24, 2.45) is 0 Å². The molecule has 0 radical (unpaired) electrons. The van der Waals surface area contributed by atoms with Crippen molar-refractivity contribution < 1.29 is 18.7 Å². The van der Waals surface area contributed by atoms with Gasteiger partial charge in [-0.15, -0.1) is 0 Å². The molecule has 0 saturated carbocycles. The normalized spacial score (nSPS) is 11.2. The number of nitrogens with one attached hydrogen (secondary N) is 2. The molecule has 0 aliphatic rings. The third kappa shape index (κ3) is 6.14. The van der Waals surface area contributed by atoms with Crippen LogP contribution in [0.2, 0.25) is 0 Å². The maximum absolute atomic E-state index is 13.4. The van der Waals surface area contributed by atoms with Crippen LogP contribution in [0.4, 0.5) is 0 Å². The summed E-state index contributed by atoms with van der Waals surface area (Å²) in [5.74, 6) is 0.305. The summed E-state index contributed by atoms with van der Waals surface area (Å²) in [4.78, 5) is 26.5. The fraction of sp³-hybridized carbons (Fsp3) is 0.0645. The lowest BCUT2D eigenvalue weighted by Gasteiger charge is -2.11. The van der Waals surface area contributed by atoms with Crippen molar-refractivity contribution in [3.63, 3.8) is 0 Å². The van der Waals surface area contributed by atoms with Crippen LogP contribution in [0.25, 0.3) is 23.0 Å². The standard InChI is InChI=1S/C31H26N4O4/c1-38-26-16-14-23(15-17-26)30(36)33-28(31(37)32-20-27-13-8-18-39-27)19-24-21-35(25-11-6-3-7-12-25)34-29(24)22-9-4-2-5-10-22/h2-19,21H,20H2,1H3,(H,32,37)(H,33,36)/b28-19-. The first kappa shape index (κ1) is 25.3. The van der Waals surface area contributed by atoms with Crippen molar-refractivity contribution >= 4 is 17.9 Å². The van der Waals surface area contributed by atoms with Gasteiger partial charge in [0.2, 0.25) is 0 Å². The van der Waals surface area contributed by atoms with Crippen LogP contribution in [0.1, 0.15) is 21.7 Å². The molecule has 2 amide bonds. The second-order valence-corrected chi connectivity index (χ2v) is 8.58. The van der Waals surface area contributed by atoms with Gasteiger partial charge < -0.3 is 19.8 Å². The van der Waals surface area contributed by atoms with Gasteiger partial charge in [0.05, 0.1) is 25.6 Å². The van der Waals surface area contributed by atoms with Crippen molar-refractivity contribution in [3.8, 4) is 22.7 Å². The van der Waals surface area contributed by atoms with Crippen molar-refractivity contribution in [3.05, 3.63) is 132 Å². The first-order chi connectivity index (χ1) is 19.1. The lowest BCUT2D eigenvalue weighted by molar-refractivity contribution is -0.118. The maximum Gasteiger partial charge on any atom is 0.268 e. The van der Waals surface area contributed by atoms with Crippen LogP contribution in [0, 0.1) is 0 Å². The third-order valence-electron chi connectivity index (χ3n) is 5.96. The number of furan rings is 1. The van der Waals surface area contributed by atoms with E-state index in [2.05, 4.69) is 10.6 Å². The average Bonchev–Trinajstić information content (AvgIpc) is 3.67. The molecule has 0 aliphatic heterocycles. The highest BCUT2D eigenvalue weighted by Crippen LogP contribution is 2.25. The van der Waals surface area contributed by atoms with Crippen LogP contribution in [0.5, 0.6) is 5.75 Å². The van der Waals surface area contributed by atoms with E-state index in [1.165, 1.54) is 6.26 Å². The molecule has 2 heterocycles. The molecule has 0 bridgehead atoms. The van der Waals surface area contributed by atoms with E-state index >= 15 is 0 Å². The zero-order valence-corrected chi connectivity index (χ0v) is 21.2. The summed E-state index contributed by atoms with van der Waals surface area (Å²) in [6, 6.07) is 29.5. The average molecular weight is 519 g/mol. The van der Waals surface area contributed by atoms with Crippen molar-refractivity contribution in [2.75, 3.05) is 7.11 Å². The molecule has 8 heteroatoms. The van der Waals surface area contributed by atoms with Gasteiger partial charge in [0, 0.05) is 22.9 Å². The van der Waals surface area contributed by atoms with Gasteiger partial charge in [-0.1, -0.05) is 48.5 Å². The number of hydrogen-bond donors (Lipinski definition) is 2. The number of methoxy groups -OCH3 is 1. The van der Waals surface area contributed by atoms with Crippen LogP contribution in [0.3, 0.4) is 0 Å². The number of para-hydroxylation sites is 1. The number of carbonyl (C=O) groups excluding carboxylic acids is 2. The van der Waals surface area contributed by atoms with Gasteiger partial charge in [-0.2, -0.15) is 5.10 Å². The number of benzene rings is 3. The fourth-order valence-corrected chi connectivity index (χ4v) is 3.95. The lowest BCUT2D eigenvalue weighted by atomic mass is 10.1. The Morgan fingerprint density at radius 1 is 0.923 bits per heavy atom. The Morgan fingerprint density at radius 2 is 1.64 bits per heavy atom. The molecular weight excluding hydrogens is 492 g/mol. The molecule has 2 aromatic heterocycles. The van der Waals surface area contributed by atoms with Gasteiger partial charge in [-0.05, 0) is 54.6 Å². The molecule has 0 fully saturated rings. The number of hydrogen-bond acceptors (Lipinski definition) is 5. The Kier molecular flexibility index (Phi) is 7.64. The van der Waals surface area contributed by atoms with E-state index in [9.17, 15) is 9.59 Å². The molecule has 2 N–H and O–H groups in total. The minimum Gasteiger partial charge on any atom is -0.497 e. The second-order valence-electron chi connectivity index (χ2n) is 8.58. The fourth-order valence-electron chi connectivity index (χ4n) is 3.95. The highest BCUT2D eigenvalue weighted by molar-refractivity contribution is 6.05. The van der Waals surface area contributed by atoms with Gasteiger partial charge in [-0.25, -0.2) is 4.68 Å². The van der Waals surface area contributed by atoms with Crippen molar-refractivity contribution in [1.29, 1.82) is 0 Å². The summed E-state index contributed by atoms with van der Waals surface area (Å²) < 4.78 is 12.3. The van der Waals surface area contributed by atoms with E-state index in [-0.39, 0.29) is 12.2 Å². The smallest absolute Gasteiger partial charge is 0.268 e. The molecule has 0 unspecified atom stereocenters. The molecule has 194 valence electrons. The molecule has 5 rings (SSSR count). The molecule has 3 aromatic carbocycles. The number of nitrogens with zero attached hydrogens (tertiary/aromatic N) is 2. The predicted octanol–water partition coefficient (Wildman–Crippen LogP) is 5.23. The Balaban J connectivity index is 1.53. The summed E-state index contributed by atoms with van der Waals surface area (Å²) in [5, 5.41) is 10.4. The Hall–Kier alpha value is -5.37. The third-order valence-corrected chi connectivity index (χ3v) is 5.96. The van der Waals surface area contributed by atoms with Crippen LogP contribution < -0.4 is 15.4 Å². The summed E-state index contributed by atoms with van der Waals surface area (Å²) in [7, 11) is 1.55. The largest absolute Gasteiger partial charge is 0.497 e. The zero-order chi connectivity index (χ0) is 27.0. The van der Waals surface area contributed by atoms with E-state index in [1.54, 1.807) is 54.3 Å². The zero-order valence-electron chi connectivity index (χ0n) is 21.2. The maximum atomic E-state index is 13.4. The van der Waals surface area contributed by atoms with E-state index in [1.807, 2.05) is 66.9 Å². The molecule has 39 heavy (non-hydrogen) atoms. The summed E-state index contributed by atoms with van der Waals surface area (Å²) in [5.41, 5.74) is 3.49. The molecule has 0 saturated heterocycles. The molecular formula is C31H26N4O4. The minimum absolute atomic E-state index is 0.0622. The molecule has 8 nitrogen and oxygen atoms in total. The SMILES string of the molecule is COc1ccc(C(=O)N/C(=C\c2cn(-c3ccccc3)nc2-c2ccccc2)C(=O)NCc2ccco2)cc1. The molecule has 0 atom stereocenters. The van der Waals surface area contributed by atoms with Crippen molar-refractivity contribution in [2.45, 2.75) is 6.54 Å². The van der Waals surface area contributed by atoms with E-state index < -0.39 is 11.8 Å². The van der Waals surface area contributed by atoms with Gasteiger partial charge in [-0.3, -0.25) is 9.59 Å².